The Morgan fingerprint density at radius 1 is 1.27 bits per heavy atom. The minimum Gasteiger partial charge on any atom is -0.359 e. The van der Waals surface area contributed by atoms with Gasteiger partial charge in [-0.05, 0) is 42.9 Å². The van der Waals surface area contributed by atoms with Gasteiger partial charge in [0, 0.05) is 24.6 Å². The van der Waals surface area contributed by atoms with Crippen molar-refractivity contribution in [3.8, 4) is 0 Å². The van der Waals surface area contributed by atoms with Crippen molar-refractivity contribution in [2.75, 3.05) is 18.4 Å². The number of nitrogens with zero attached hydrogens (tertiary/aromatic N) is 2. The molecule has 0 bridgehead atoms. The summed E-state index contributed by atoms with van der Waals surface area (Å²) in [4.78, 5) is 14.2. The number of rotatable bonds is 3. The van der Waals surface area contributed by atoms with Crippen LogP contribution in [-0.4, -0.2) is 29.2 Å². The van der Waals surface area contributed by atoms with Crippen LogP contribution >= 0.6 is 0 Å². The first-order chi connectivity index (χ1) is 12.3. The zero-order valence-electron chi connectivity index (χ0n) is 15.6. The van der Waals surface area contributed by atoms with Gasteiger partial charge in [0.25, 0.3) is 0 Å². The second kappa shape index (κ2) is 7.48. The molecule has 1 aromatic carbocycles. The molecule has 2 amide bonds. The van der Waals surface area contributed by atoms with Gasteiger partial charge in [-0.25, -0.2) is 9.18 Å². The standard InChI is InChI=1S/C20H26FN3O2/c1-20(2,3)17-13-18(23-26-17)22-19(25)24-10-8-15(9-11-24)12-14-4-6-16(21)7-5-14/h4-7,13,15H,8-12H2,1-3H3,(H,22,23,25). The van der Waals surface area contributed by atoms with E-state index < -0.39 is 0 Å². The van der Waals surface area contributed by atoms with Gasteiger partial charge in [0.1, 0.15) is 11.6 Å². The largest absolute Gasteiger partial charge is 0.359 e. The maximum Gasteiger partial charge on any atom is 0.323 e. The van der Waals surface area contributed by atoms with Crippen molar-refractivity contribution in [1.82, 2.24) is 10.1 Å². The highest BCUT2D eigenvalue weighted by atomic mass is 19.1. The van der Waals surface area contributed by atoms with E-state index >= 15 is 0 Å². The zero-order chi connectivity index (χ0) is 18.7. The van der Waals surface area contributed by atoms with Crippen molar-refractivity contribution in [1.29, 1.82) is 0 Å². The molecule has 140 valence electrons. The third-order valence-corrected chi connectivity index (χ3v) is 4.82. The Bertz CT molecular complexity index is 741. The summed E-state index contributed by atoms with van der Waals surface area (Å²) >= 11 is 0. The van der Waals surface area contributed by atoms with E-state index in [2.05, 4.69) is 10.5 Å². The van der Waals surface area contributed by atoms with E-state index in [1.807, 2.05) is 37.8 Å². The summed E-state index contributed by atoms with van der Waals surface area (Å²) in [6, 6.07) is 8.32. The molecular formula is C20H26FN3O2. The summed E-state index contributed by atoms with van der Waals surface area (Å²) in [6.07, 6.45) is 2.81. The summed E-state index contributed by atoms with van der Waals surface area (Å²) in [6.45, 7) is 7.52. The van der Waals surface area contributed by atoms with Crippen LogP contribution in [0.5, 0.6) is 0 Å². The molecule has 1 N–H and O–H groups in total. The third-order valence-electron chi connectivity index (χ3n) is 4.82. The van der Waals surface area contributed by atoms with Gasteiger partial charge in [-0.3, -0.25) is 5.32 Å². The Kier molecular flexibility index (Phi) is 5.30. The molecule has 0 radical (unpaired) electrons. The lowest BCUT2D eigenvalue weighted by Gasteiger charge is -2.31. The van der Waals surface area contributed by atoms with E-state index in [9.17, 15) is 9.18 Å². The van der Waals surface area contributed by atoms with Gasteiger partial charge in [-0.2, -0.15) is 0 Å². The lowest BCUT2D eigenvalue weighted by molar-refractivity contribution is 0.182. The van der Waals surface area contributed by atoms with Crippen LogP contribution in [-0.2, 0) is 11.8 Å². The number of hydrogen-bond donors (Lipinski definition) is 1. The number of carbonyl (C=O) groups excluding carboxylic acids is 1. The van der Waals surface area contributed by atoms with Crippen LogP contribution in [0.15, 0.2) is 34.9 Å². The van der Waals surface area contributed by atoms with E-state index in [1.165, 1.54) is 12.1 Å². The van der Waals surface area contributed by atoms with Crippen LogP contribution in [0.25, 0.3) is 0 Å². The van der Waals surface area contributed by atoms with E-state index in [-0.39, 0.29) is 17.3 Å². The molecule has 2 heterocycles. The Morgan fingerprint density at radius 3 is 2.50 bits per heavy atom. The molecule has 5 nitrogen and oxygen atoms in total. The first-order valence-electron chi connectivity index (χ1n) is 9.09. The molecule has 1 aliphatic rings. The van der Waals surface area contributed by atoms with Crippen LogP contribution in [0.2, 0.25) is 0 Å². The van der Waals surface area contributed by atoms with Crippen molar-refractivity contribution in [2.45, 2.75) is 45.4 Å². The average Bonchev–Trinajstić information content (AvgIpc) is 3.06. The SMILES string of the molecule is CC(C)(C)c1cc(NC(=O)N2CCC(Cc3ccc(F)cc3)CC2)no1. The molecule has 1 fully saturated rings. The number of nitrogens with one attached hydrogen (secondary N) is 1. The maximum absolute atomic E-state index is 13.0. The van der Waals surface area contributed by atoms with E-state index in [1.54, 1.807) is 6.07 Å². The van der Waals surface area contributed by atoms with E-state index in [0.29, 0.717) is 24.8 Å². The highest BCUT2D eigenvalue weighted by Gasteiger charge is 2.25. The van der Waals surface area contributed by atoms with Gasteiger partial charge < -0.3 is 9.42 Å². The number of benzene rings is 1. The number of anilines is 1. The second-order valence-electron chi connectivity index (χ2n) is 8.02. The van der Waals surface area contributed by atoms with Crippen LogP contribution in [0, 0.1) is 11.7 Å². The Balaban J connectivity index is 1.49. The fourth-order valence-corrected chi connectivity index (χ4v) is 3.17. The molecule has 0 aliphatic carbocycles. The average molecular weight is 359 g/mol. The van der Waals surface area contributed by atoms with Crippen LogP contribution in [0.1, 0.15) is 44.9 Å². The summed E-state index contributed by atoms with van der Waals surface area (Å²) in [5.41, 5.74) is 1.00. The number of halogens is 1. The molecule has 1 aliphatic heterocycles. The van der Waals surface area contributed by atoms with Gasteiger partial charge in [-0.1, -0.05) is 38.1 Å². The number of aromatic nitrogens is 1. The summed E-state index contributed by atoms with van der Waals surface area (Å²) in [5.74, 6) is 1.51. The molecule has 0 saturated carbocycles. The molecule has 6 heteroatoms. The summed E-state index contributed by atoms with van der Waals surface area (Å²) < 4.78 is 18.3. The number of piperidine rings is 1. The Labute approximate surface area is 153 Å². The summed E-state index contributed by atoms with van der Waals surface area (Å²) in [7, 11) is 0. The molecule has 26 heavy (non-hydrogen) atoms. The molecule has 0 unspecified atom stereocenters. The highest BCUT2D eigenvalue weighted by molar-refractivity contribution is 5.88. The van der Waals surface area contributed by atoms with Gasteiger partial charge in [0.15, 0.2) is 5.82 Å². The topological polar surface area (TPSA) is 58.4 Å². The second-order valence-corrected chi connectivity index (χ2v) is 8.02. The van der Waals surface area contributed by atoms with Crippen molar-refractivity contribution in [3.05, 3.63) is 47.5 Å². The van der Waals surface area contributed by atoms with Gasteiger partial charge in [0.05, 0.1) is 0 Å². The highest BCUT2D eigenvalue weighted by Crippen LogP contribution is 2.25. The van der Waals surface area contributed by atoms with E-state index in [0.717, 1.165) is 30.6 Å². The normalized spacial score (nSPS) is 15.9. The molecule has 0 spiro atoms. The van der Waals surface area contributed by atoms with Crippen LogP contribution in [0.4, 0.5) is 15.0 Å². The number of carbonyl (C=O) groups is 1. The monoisotopic (exact) mass is 359 g/mol. The number of amides is 2. The first-order valence-corrected chi connectivity index (χ1v) is 9.09. The first kappa shape index (κ1) is 18.4. The van der Waals surface area contributed by atoms with Crippen molar-refractivity contribution in [2.24, 2.45) is 5.92 Å². The smallest absolute Gasteiger partial charge is 0.323 e. The third kappa shape index (κ3) is 4.62. The lowest BCUT2D eigenvalue weighted by Crippen LogP contribution is -2.41. The van der Waals surface area contributed by atoms with Crippen LogP contribution in [0.3, 0.4) is 0 Å². The zero-order valence-corrected chi connectivity index (χ0v) is 15.6. The molecular weight excluding hydrogens is 333 g/mol. The molecule has 1 aromatic heterocycles. The molecule has 0 atom stereocenters. The van der Waals surface area contributed by atoms with Crippen molar-refractivity contribution < 1.29 is 13.7 Å². The Morgan fingerprint density at radius 2 is 1.92 bits per heavy atom. The van der Waals surface area contributed by atoms with Crippen LogP contribution < -0.4 is 5.32 Å². The number of likely N-dealkylation sites (tertiary alicyclic amines) is 1. The summed E-state index contributed by atoms with van der Waals surface area (Å²) in [5, 5.41) is 6.75. The quantitative estimate of drug-likeness (QED) is 0.871. The van der Waals surface area contributed by atoms with Gasteiger partial charge >= 0.3 is 6.03 Å². The van der Waals surface area contributed by atoms with Gasteiger partial charge in [-0.15, -0.1) is 0 Å². The molecule has 1 saturated heterocycles. The minimum atomic E-state index is -0.206. The minimum absolute atomic E-state index is 0.140. The fraction of sp³-hybridized carbons (Fsp3) is 0.500. The number of hydrogen-bond acceptors (Lipinski definition) is 3. The van der Waals surface area contributed by atoms with Crippen molar-refractivity contribution >= 4 is 11.8 Å². The van der Waals surface area contributed by atoms with Gasteiger partial charge in [0.2, 0.25) is 0 Å². The molecule has 3 rings (SSSR count). The number of urea groups is 1. The Hall–Kier alpha value is -2.37. The molecule has 2 aromatic rings. The maximum atomic E-state index is 13.0. The van der Waals surface area contributed by atoms with E-state index in [4.69, 9.17) is 4.52 Å². The predicted molar refractivity (Wildman–Crippen MR) is 98.6 cm³/mol. The lowest BCUT2D eigenvalue weighted by atomic mass is 9.90. The van der Waals surface area contributed by atoms with Crippen molar-refractivity contribution in [3.63, 3.8) is 0 Å². The fourth-order valence-electron chi connectivity index (χ4n) is 3.17. The predicted octanol–water partition coefficient (Wildman–Crippen LogP) is 4.60.